The van der Waals surface area contributed by atoms with Crippen molar-refractivity contribution >= 4 is 21.7 Å². The smallest absolute Gasteiger partial charge is 0.131 e. The van der Waals surface area contributed by atoms with Crippen LogP contribution in [0.15, 0.2) is 23.3 Å². The van der Waals surface area contributed by atoms with Gasteiger partial charge in [0.1, 0.15) is 16.2 Å². The van der Waals surface area contributed by atoms with Crippen molar-refractivity contribution < 1.29 is 0 Å². The summed E-state index contributed by atoms with van der Waals surface area (Å²) in [6.07, 6.45) is 2.81. The standard InChI is InChI=1S/C10H14BrN3/c1-4-5-7(2)12-10-6-9(11)13-8(3)14-10/h4,6-7H,1,5H2,2-3H3,(H,12,13,14). The Kier molecular flexibility index (Phi) is 4.07. The van der Waals surface area contributed by atoms with Gasteiger partial charge in [0.2, 0.25) is 0 Å². The van der Waals surface area contributed by atoms with E-state index in [1.54, 1.807) is 0 Å². The molecule has 0 aromatic carbocycles. The zero-order valence-electron chi connectivity index (χ0n) is 8.42. The highest BCUT2D eigenvalue weighted by Crippen LogP contribution is 2.13. The van der Waals surface area contributed by atoms with Gasteiger partial charge in [0.25, 0.3) is 0 Å². The highest BCUT2D eigenvalue weighted by Gasteiger charge is 2.02. The number of aromatic nitrogens is 2. The maximum absolute atomic E-state index is 4.27. The molecule has 1 heterocycles. The van der Waals surface area contributed by atoms with Crippen molar-refractivity contribution in [1.29, 1.82) is 0 Å². The van der Waals surface area contributed by atoms with Crippen LogP contribution in [0.5, 0.6) is 0 Å². The number of nitrogens with one attached hydrogen (secondary N) is 1. The largest absolute Gasteiger partial charge is 0.367 e. The maximum Gasteiger partial charge on any atom is 0.131 e. The van der Waals surface area contributed by atoms with Gasteiger partial charge in [-0.25, -0.2) is 9.97 Å². The van der Waals surface area contributed by atoms with Gasteiger partial charge in [0, 0.05) is 12.1 Å². The van der Waals surface area contributed by atoms with Gasteiger partial charge in [0.15, 0.2) is 0 Å². The Morgan fingerprint density at radius 1 is 1.64 bits per heavy atom. The summed E-state index contributed by atoms with van der Waals surface area (Å²) in [5, 5.41) is 3.27. The fourth-order valence-electron chi connectivity index (χ4n) is 1.17. The Hall–Kier alpha value is -0.900. The predicted molar refractivity (Wildman–Crippen MR) is 62.4 cm³/mol. The molecule has 0 aliphatic carbocycles. The summed E-state index contributed by atoms with van der Waals surface area (Å²) in [4.78, 5) is 8.40. The first-order valence-electron chi connectivity index (χ1n) is 4.50. The maximum atomic E-state index is 4.27. The van der Waals surface area contributed by atoms with Crippen LogP contribution in [0.4, 0.5) is 5.82 Å². The first-order valence-corrected chi connectivity index (χ1v) is 5.29. The summed E-state index contributed by atoms with van der Waals surface area (Å²) in [7, 11) is 0. The van der Waals surface area contributed by atoms with Crippen LogP contribution in [0, 0.1) is 6.92 Å². The fraction of sp³-hybridized carbons (Fsp3) is 0.400. The van der Waals surface area contributed by atoms with Crippen LogP contribution in [0.1, 0.15) is 19.2 Å². The molecular formula is C10H14BrN3. The number of hydrogen-bond donors (Lipinski definition) is 1. The van der Waals surface area contributed by atoms with Gasteiger partial charge in [-0.3, -0.25) is 0 Å². The fourth-order valence-corrected chi connectivity index (χ4v) is 1.64. The Balaban J connectivity index is 2.71. The van der Waals surface area contributed by atoms with Crippen molar-refractivity contribution in [3.63, 3.8) is 0 Å². The molecule has 1 N–H and O–H groups in total. The van der Waals surface area contributed by atoms with Gasteiger partial charge in [0.05, 0.1) is 0 Å². The molecule has 4 heteroatoms. The summed E-state index contributed by atoms with van der Waals surface area (Å²) in [5.41, 5.74) is 0. The highest BCUT2D eigenvalue weighted by atomic mass is 79.9. The lowest BCUT2D eigenvalue weighted by molar-refractivity contribution is 0.803. The molecule has 0 saturated heterocycles. The van der Waals surface area contributed by atoms with Crippen LogP contribution in [-0.4, -0.2) is 16.0 Å². The van der Waals surface area contributed by atoms with E-state index in [4.69, 9.17) is 0 Å². The van der Waals surface area contributed by atoms with Crippen molar-refractivity contribution in [2.24, 2.45) is 0 Å². The third-order valence-corrected chi connectivity index (χ3v) is 2.13. The molecule has 14 heavy (non-hydrogen) atoms. The Morgan fingerprint density at radius 2 is 2.36 bits per heavy atom. The van der Waals surface area contributed by atoms with Crippen molar-refractivity contribution in [1.82, 2.24) is 9.97 Å². The summed E-state index contributed by atoms with van der Waals surface area (Å²) in [6, 6.07) is 2.21. The molecule has 1 aromatic heterocycles. The number of hydrogen-bond acceptors (Lipinski definition) is 3. The minimum Gasteiger partial charge on any atom is -0.367 e. The van der Waals surface area contributed by atoms with Crippen LogP contribution in [0.2, 0.25) is 0 Å². The normalized spacial score (nSPS) is 12.2. The molecule has 1 rings (SSSR count). The Labute approximate surface area is 92.8 Å². The van der Waals surface area contributed by atoms with Crippen LogP contribution >= 0.6 is 15.9 Å². The Morgan fingerprint density at radius 3 is 2.93 bits per heavy atom. The molecule has 0 aliphatic rings. The van der Waals surface area contributed by atoms with Gasteiger partial charge >= 0.3 is 0 Å². The molecule has 76 valence electrons. The lowest BCUT2D eigenvalue weighted by atomic mass is 10.2. The third-order valence-electron chi connectivity index (χ3n) is 1.72. The average Bonchev–Trinajstić information content (AvgIpc) is 2.01. The third kappa shape index (κ3) is 3.46. The van der Waals surface area contributed by atoms with Crippen molar-refractivity contribution in [3.8, 4) is 0 Å². The molecule has 0 amide bonds. The van der Waals surface area contributed by atoms with Crippen molar-refractivity contribution in [2.45, 2.75) is 26.3 Å². The number of halogens is 1. The molecule has 0 saturated carbocycles. The van der Waals surface area contributed by atoms with E-state index in [0.717, 1.165) is 22.7 Å². The van der Waals surface area contributed by atoms with E-state index in [-0.39, 0.29) is 0 Å². The second-order valence-electron chi connectivity index (χ2n) is 3.19. The van der Waals surface area contributed by atoms with Crippen LogP contribution < -0.4 is 5.32 Å². The van der Waals surface area contributed by atoms with E-state index in [1.807, 2.05) is 19.1 Å². The first kappa shape index (κ1) is 11.2. The SMILES string of the molecule is C=CCC(C)Nc1cc(Br)nc(C)n1. The molecule has 0 bridgehead atoms. The summed E-state index contributed by atoms with van der Waals surface area (Å²) < 4.78 is 0.804. The van der Waals surface area contributed by atoms with Gasteiger partial charge in [-0.2, -0.15) is 0 Å². The molecule has 1 unspecified atom stereocenters. The van der Waals surface area contributed by atoms with Crippen LogP contribution in [0.25, 0.3) is 0 Å². The summed E-state index contributed by atoms with van der Waals surface area (Å²) in [6.45, 7) is 7.65. The van der Waals surface area contributed by atoms with E-state index in [1.165, 1.54) is 0 Å². The summed E-state index contributed by atoms with van der Waals surface area (Å²) in [5.74, 6) is 1.60. The molecular weight excluding hydrogens is 242 g/mol. The minimum atomic E-state index is 0.341. The zero-order valence-corrected chi connectivity index (χ0v) is 10.0. The second-order valence-corrected chi connectivity index (χ2v) is 4.01. The van der Waals surface area contributed by atoms with Gasteiger partial charge < -0.3 is 5.32 Å². The van der Waals surface area contributed by atoms with Crippen molar-refractivity contribution in [3.05, 3.63) is 29.1 Å². The van der Waals surface area contributed by atoms with E-state index in [0.29, 0.717) is 6.04 Å². The molecule has 1 aromatic rings. The van der Waals surface area contributed by atoms with Gasteiger partial charge in [-0.1, -0.05) is 6.08 Å². The van der Waals surface area contributed by atoms with Gasteiger partial charge in [-0.15, -0.1) is 6.58 Å². The number of anilines is 1. The van der Waals surface area contributed by atoms with E-state index >= 15 is 0 Å². The first-order chi connectivity index (χ1) is 6.61. The number of rotatable bonds is 4. The zero-order chi connectivity index (χ0) is 10.6. The van der Waals surface area contributed by atoms with Crippen LogP contribution in [-0.2, 0) is 0 Å². The molecule has 1 atom stereocenters. The van der Waals surface area contributed by atoms with E-state index in [2.05, 4.69) is 44.7 Å². The van der Waals surface area contributed by atoms with Crippen LogP contribution in [0.3, 0.4) is 0 Å². The quantitative estimate of drug-likeness (QED) is 0.664. The monoisotopic (exact) mass is 255 g/mol. The molecule has 0 radical (unpaired) electrons. The molecule has 0 aliphatic heterocycles. The lowest BCUT2D eigenvalue weighted by Gasteiger charge is -2.12. The highest BCUT2D eigenvalue weighted by molar-refractivity contribution is 9.10. The molecule has 3 nitrogen and oxygen atoms in total. The number of aryl methyl sites for hydroxylation is 1. The van der Waals surface area contributed by atoms with Gasteiger partial charge in [-0.05, 0) is 36.2 Å². The van der Waals surface area contributed by atoms with E-state index in [9.17, 15) is 0 Å². The molecule has 0 fully saturated rings. The summed E-state index contributed by atoms with van der Waals surface area (Å²) >= 11 is 3.33. The van der Waals surface area contributed by atoms with E-state index < -0.39 is 0 Å². The Bertz CT molecular complexity index is 305. The average molecular weight is 256 g/mol. The number of nitrogens with zero attached hydrogens (tertiary/aromatic N) is 2. The topological polar surface area (TPSA) is 37.8 Å². The second kappa shape index (κ2) is 5.10. The lowest BCUT2D eigenvalue weighted by Crippen LogP contribution is -2.15. The minimum absolute atomic E-state index is 0.341. The van der Waals surface area contributed by atoms with Crippen molar-refractivity contribution in [2.75, 3.05) is 5.32 Å². The molecule has 0 spiro atoms. The predicted octanol–water partition coefficient (Wildman–Crippen LogP) is 2.92.